The van der Waals surface area contributed by atoms with Gasteiger partial charge < -0.3 is 5.11 Å². The van der Waals surface area contributed by atoms with Crippen LogP contribution in [0.15, 0.2) is 17.8 Å². The van der Waals surface area contributed by atoms with Crippen molar-refractivity contribution in [1.29, 1.82) is 0 Å². The van der Waals surface area contributed by atoms with Crippen LogP contribution in [0.2, 0.25) is 0 Å². The molecule has 14 heavy (non-hydrogen) atoms. The smallest absolute Gasteiger partial charge is 0.178 e. The minimum absolute atomic E-state index is 0.255. The van der Waals surface area contributed by atoms with Crippen LogP contribution in [0.25, 0.3) is 6.08 Å². The normalized spacial score (nSPS) is 20.9. The van der Waals surface area contributed by atoms with Gasteiger partial charge >= 0.3 is 0 Å². The zero-order valence-corrected chi connectivity index (χ0v) is 7.92. The summed E-state index contributed by atoms with van der Waals surface area (Å²) in [5.41, 5.74) is 2.74. The third kappa shape index (κ3) is 0.738. The largest absolute Gasteiger partial charge is 0.505 e. The fourth-order valence-electron chi connectivity index (χ4n) is 2.30. The van der Waals surface area contributed by atoms with Crippen molar-refractivity contribution in [2.24, 2.45) is 0 Å². The van der Waals surface area contributed by atoms with Gasteiger partial charge in [0.15, 0.2) is 11.6 Å². The van der Waals surface area contributed by atoms with Crippen LogP contribution in [0.1, 0.15) is 12.5 Å². The molecule has 1 N–H and O–H groups in total. The van der Waals surface area contributed by atoms with Crippen molar-refractivity contribution in [2.45, 2.75) is 6.92 Å². The summed E-state index contributed by atoms with van der Waals surface area (Å²) < 4.78 is 14.3. The van der Waals surface area contributed by atoms with E-state index in [4.69, 9.17) is 0 Å². The number of quaternary nitrogens is 1. The fourth-order valence-corrected chi connectivity index (χ4v) is 2.30. The average Bonchev–Trinajstić information content (AvgIpc) is 2.88. The molecule has 3 rings (SSSR count). The third-order valence-electron chi connectivity index (χ3n) is 3.30. The lowest BCUT2D eigenvalue weighted by atomic mass is 10.1. The van der Waals surface area contributed by atoms with E-state index in [1.165, 1.54) is 11.8 Å². The molecule has 2 heterocycles. The topological polar surface area (TPSA) is 20.2 Å². The molecule has 2 nitrogen and oxygen atoms in total. The molecule has 0 atom stereocenters. The van der Waals surface area contributed by atoms with Gasteiger partial charge in [0.2, 0.25) is 0 Å². The van der Waals surface area contributed by atoms with Crippen LogP contribution in [0, 0.1) is 5.82 Å². The number of nitrogens with zero attached hydrogens (tertiary/aromatic N) is 1. The zero-order chi connectivity index (χ0) is 9.92. The van der Waals surface area contributed by atoms with Gasteiger partial charge in [-0.25, -0.2) is 4.39 Å². The highest BCUT2D eigenvalue weighted by molar-refractivity contribution is 5.79. The van der Waals surface area contributed by atoms with Gasteiger partial charge in [0.1, 0.15) is 24.5 Å². The maximum atomic E-state index is 13.5. The van der Waals surface area contributed by atoms with Crippen LogP contribution < -0.4 is 4.48 Å². The van der Waals surface area contributed by atoms with E-state index in [0.29, 0.717) is 5.56 Å². The predicted molar refractivity (Wildman–Crippen MR) is 53.2 cm³/mol. The van der Waals surface area contributed by atoms with E-state index in [2.05, 4.69) is 0 Å². The second kappa shape index (κ2) is 2.17. The summed E-state index contributed by atoms with van der Waals surface area (Å²) in [6, 6.07) is 3.27. The highest BCUT2D eigenvalue weighted by Gasteiger charge is 2.52. The molecule has 1 saturated heterocycles. The first-order chi connectivity index (χ1) is 6.65. The number of rotatable bonds is 0. The maximum Gasteiger partial charge on any atom is 0.178 e. The number of phenolic OH excluding ortho intramolecular Hbond substituents is 1. The Balaban J connectivity index is 2.30. The number of aromatic hydroxyl groups is 1. The Hall–Kier alpha value is -1.35. The van der Waals surface area contributed by atoms with Gasteiger partial charge in [-0.05, 0) is 6.07 Å². The van der Waals surface area contributed by atoms with Crippen molar-refractivity contribution in [2.75, 3.05) is 13.1 Å². The average molecular weight is 192 g/mol. The summed E-state index contributed by atoms with van der Waals surface area (Å²) in [6.45, 7) is 4.13. The molecule has 1 aromatic rings. The van der Waals surface area contributed by atoms with E-state index in [0.717, 1.165) is 23.3 Å². The summed E-state index contributed by atoms with van der Waals surface area (Å²) in [6.07, 6.45) is 1.84. The Morgan fingerprint density at radius 1 is 1.36 bits per heavy atom. The zero-order valence-electron chi connectivity index (χ0n) is 7.92. The van der Waals surface area contributed by atoms with E-state index in [1.54, 1.807) is 0 Å². The molecule has 0 radical (unpaired) electrons. The predicted octanol–water partition coefficient (Wildman–Crippen LogP) is 2.23. The molecule has 2 aliphatic heterocycles. The number of hydrogen-bond donors (Lipinski definition) is 1. The van der Waals surface area contributed by atoms with Crippen LogP contribution in [0.4, 0.5) is 10.1 Å². The molecular formula is C11H11FNO+. The number of fused-ring (bicyclic) bond motifs is 2. The van der Waals surface area contributed by atoms with Crippen molar-refractivity contribution < 1.29 is 9.50 Å². The van der Waals surface area contributed by atoms with Gasteiger partial charge in [0.05, 0.1) is 5.56 Å². The molecule has 0 bridgehead atoms. The molecule has 72 valence electrons. The van der Waals surface area contributed by atoms with E-state index < -0.39 is 5.82 Å². The van der Waals surface area contributed by atoms with Gasteiger partial charge in [-0.15, -0.1) is 0 Å². The summed E-state index contributed by atoms with van der Waals surface area (Å²) in [4.78, 5) is 0. The van der Waals surface area contributed by atoms with Gasteiger partial charge in [-0.1, -0.05) is 0 Å². The molecule has 1 aromatic carbocycles. The molecular weight excluding hydrogens is 181 g/mol. The number of phenols is 1. The van der Waals surface area contributed by atoms with Crippen molar-refractivity contribution in [3.8, 4) is 5.75 Å². The van der Waals surface area contributed by atoms with Gasteiger partial charge in [0, 0.05) is 19.1 Å². The second-order valence-corrected chi connectivity index (χ2v) is 4.03. The summed E-state index contributed by atoms with van der Waals surface area (Å²) in [7, 11) is 0. The molecule has 1 spiro atoms. The molecule has 3 heteroatoms. The maximum absolute atomic E-state index is 13.5. The summed E-state index contributed by atoms with van der Waals surface area (Å²) in [5.74, 6) is -0.738. The first-order valence-corrected chi connectivity index (χ1v) is 4.73. The minimum atomic E-state index is -0.483. The first-order valence-electron chi connectivity index (χ1n) is 4.73. The highest BCUT2D eigenvalue weighted by Crippen LogP contribution is 2.48. The molecule has 0 unspecified atom stereocenters. The van der Waals surface area contributed by atoms with E-state index in [-0.39, 0.29) is 5.75 Å². The van der Waals surface area contributed by atoms with Crippen LogP contribution in [0.3, 0.4) is 0 Å². The van der Waals surface area contributed by atoms with Crippen molar-refractivity contribution in [3.63, 3.8) is 0 Å². The number of halogens is 1. The molecule has 0 aromatic heterocycles. The SMILES string of the molecule is CC1=Cc2c(ccc(O)c2F)[N+]12CC2. The third-order valence-corrected chi connectivity index (χ3v) is 3.30. The molecule has 1 fully saturated rings. The van der Waals surface area contributed by atoms with Crippen molar-refractivity contribution >= 4 is 11.8 Å². The quantitative estimate of drug-likeness (QED) is 0.493. The number of hydrogen-bond acceptors (Lipinski definition) is 1. The van der Waals surface area contributed by atoms with Crippen LogP contribution in [0.5, 0.6) is 5.75 Å². The first kappa shape index (κ1) is 8.00. The lowest BCUT2D eigenvalue weighted by Crippen LogP contribution is -2.19. The van der Waals surface area contributed by atoms with E-state index in [1.807, 2.05) is 19.1 Å². The Kier molecular flexibility index (Phi) is 1.24. The molecule has 0 aliphatic carbocycles. The van der Waals surface area contributed by atoms with Crippen molar-refractivity contribution in [1.82, 2.24) is 4.48 Å². The standard InChI is InChI=1S/C11H10FNO/c1-7-6-8-9(13(7)4-5-13)2-3-10(14)11(8)12/h2-3,6H,4-5H2,1H3/p+1. The lowest BCUT2D eigenvalue weighted by Gasteiger charge is -2.13. The van der Waals surface area contributed by atoms with E-state index >= 15 is 0 Å². The second-order valence-electron chi connectivity index (χ2n) is 4.03. The monoisotopic (exact) mass is 192 g/mol. The Morgan fingerprint density at radius 3 is 2.71 bits per heavy atom. The minimum Gasteiger partial charge on any atom is -0.505 e. The van der Waals surface area contributed by atoms with Crippen LogP contribution in [-0.4, -0.2) is 18.2 Å². The number of benzene rings is 1. The fraction of sp³-hybridized carbons (Fsp3) is 0.273. The van der Waals surface area contributed by atoms with Crippen LogP contribution >= 0.6 is 0 Å². The van der Waals surface area contributed by atoms with E-state index in [9.17, 15) is 9.50 Å². The molecule has 0 amide bonds. The summed E-state index contributed by atoms with van der Waals surface area (Å²) >= 11 is 0. The number of allylic oxidation sites excluding steroid dienone is 1. The Bertz CT molecular complexity index is 461. The van der Waals surface area contributed by atoms with Gasteiger partial charge in [0.25, 0.3) is 0 Å². The Morgan fingerprint density at radius 2 is 2.07 bits per heavy atom. The van der Waals surface area contributed by atoms with Crippen LogP contribution in [-0.2, 0) is 0 Å². The van der Waals surface area contributed by atoms with Gasteiger partial charge in [-0.2, -0.15) is 0 Å². The molecule has 2 aliphatic rings. The van der Waals surface area contributed by atoms with Gasteiger partial charge in [-0.3, -0.25) is 4.48 Å². The molecule has 0 saturated carbocycles. The van der Waals surface area contributed by atoms with Crippen molar-refractivity contribution in [3.05, 3.63) is 29.2 Å². The lowest BCUT2D eigenvalue weighted by molar-refractivity contribution is 0.431. The Labute approximate surface area is 81.5 Å². The highest BCUT2D eigenvalue weighted by atomic mass is 19.1. The summed E-state index contributed by atoms with van der Waals surface area (Å²) in [5, 5.41) is 9.25.